The van der Waals surface area contributed by atoms with Crippen LogP contribution in [0.5, 0.6) is 0 Å². The number of amides is 2. The van der Waals surface area contributed by atoms with E-state index in [0.717, 1.165) is 62.1 Å². The van der Waals surface area contributed by atoms with Gasteiger partial charge in [0.05, 0.1) is 5.92 Å². The summed E-state index contributed by atoms with van der Waals surface area (Å²) >= 11 is 0. The molecule has 2 amide bonds. The molecule has 1 aliphatic heterocycles. The first-order valence-electron chi connectivity index (χ1n) is 12.1. The van der Waals surface area contributed by atoms with E-state index in [-0.39, 0.29) is 11.8 Å². The van der Waals surface area contributed by atoms with Gasteiger partial charge in [-0.1, -0.05) is 48.5 Å². The van der Waals surface area contributed by atoms with Gasteiger partial charge in [-0.3, -0.25) is 9.59 Å². The summed E-state index contributed by atoms with van der Waals surface area (Å²) in [4.78, 5) is 29.5. The highest BCUT2D eigenvalue weighted by atomic mass is 16.2. The third-order valence-corrected chi connectivity index (χ3v) is 6.65. The molecule has 2 aromatic rings. The first kappa shape index (κ1) is 24.7. The summed E-state index contributed by atoms with van der Waals surface area (Å²) in [5, 5.41) is 3.04. The van der Waals surface area contributed by atoms with Crippen LogP contribution in [0.3, 0.4) is 0 Å². The maximum absolute atomic E-state index is 12.7. The predicted molar refractivity (Wildman–Crippen MR) is 136 cm³/mol. The monoisotopic (exact) mass is 447 g/mol. The van der Waals surface area contributed by atoms with Gasteiger partial charge in [0.15, 0.2) is 0 Å². The number of piperidine rings is 1. The molecule has 0 spiro atoms. The lowest BCUT2D eigenvalue weighted by Gasteiger charge is -2.38. The number of aryl methyl sites for hydroxylation is 1. The number of para-hydroxylation sites is 1. The Balaban J connectivity index is 1.54. The van der Waals surface area contributed by atoms with Crippen LogP contribution in [0.15, 0.2) is 60.7 Å². The number of nitrogens with zero attached hydrogens (tertiary/aromatic N) is 2. The van der Waals surface area contributed by atoms with Crippen LogP contribution in [0.4, 0.5) is 5.69 Å². The number of benzene rings is 2. The maximum atomic E-state index is 12.7. The van der Waals surface area contributed by atoms with Gasteiger partial charge in [0.25, 0.3) is 0 Å². The number of nitrogens with one attached hydrogen (secondary N) is 1. The first-order valence-corrected chi connectivity index (χ1v) is 12.1. The zero-order valence-electron chi connectivity index (χ0n) is 20.2. The van der Waals surface area contributed by atoms with E-state index in [1.54, 1.807) is 6.08 Å². The summed E-state index contributed by atoms with van der Waals surface area (Å²) < 4.78 is 0. The van der Waals surface area contributed by atoms with Crippen molar-refractivity contribution in [3.05, 3.63) is 71.8 Å². The molecule has 1 N–H and O–H groups in total. The van der Waals surface area contributed by atoms with E-state index in [2.05, 4.69) is 23.3 Å². The molecule has 2 atom stereocenters. The molecule has 0 aromatic heterocycles. The zero-order valence-corrected chi connectivity index (χ0v) is 20.2. The molecule has 2 aromatic carbocycles. The summed E-state index contributed by atoms with van der Waals surface area (Å²) in [6.45, 7) is 6.47. The van der Waals surface area contributed by atoms with Crippen molar-refractivity contribution in [1.29, 1.82) is 0 Å². The fourth-order valence-electron chi connectivity index (χ4n) is 4.65. The van der Waals surface area contributed by atoms with Crippen molar-refractivity contribution >= 4 is 23.6 Å². The SMILES string of the molecule is CCN(CC)C(=O)C1CCC(CCc2ccccc2NC(=O)/C=C/c2ccccc2)N(C)C1. The molecule has 1 aliphatic rings. The first-order chi connectivity index (χ1) is 16.0. The van der Waals surface area contributed by atoms with Crippen molar-refractivity contribution in [2.75, 3.05) is 32.0 Å². The maximum Gasteiger partial charge on any atom is 0.248 e. The Labute approximate surface area is 198 Å². The average molecular weight is 448 g/mol. The predicted octanol–water partition coefficient (Wildman–Crippen LogP) is 4.85. The molecule has 0 saturated carbocycles. The second kappa shape index (κ2) is 12.4. The fraction of sp³-hybridized carbons (Fsp3) is 0.429. The lowest BCUT2D eigenvalue weighted by molar-refractivity contribution is -0.137. The largest absolute Gasteiger partial charge is 0.343 e. The lowest BCUT2D eigenvalue weighted by atomic mass is 9.89. The quantitative estimate of drug-likeness (QED) is 0.559. The highest BCUT2D eigenvalue weighted by molar-refractivity contribution is 6.02. The van der Waals surface area contributed by atoms with Crippen molar-refractivity contribution in [1.82, 2.24) is 9.80 Å². The molecule has 176 valence electrons. The van der Waals surface area contributed by atoms with E-state index in [0.29, 0.717) is 11.9 Å². The second-order valence-corrected chi connectivity index (χ2v) is 8.81. The highest BCUT2D eigenvalue weighted by Gasteiger charge is 2.31. The molecular formula is C28H37N3O2. The summed E-state index contributed by atoms with van der Waals surface area (Å²) in [7, 11) is 2.13. The normalized spacial score (nSPS) is 18.9. The minimum atomic E-state index is -0.126. The van der Waals surface area contributed by atoms with Gasteiger partial charge in [-0.25, -0.2) is 0 Å². The van der Waals surface area contributed by atoms with Crippen molar-refractivity contribution in [2.45, 2.75) is 45.6 Å². The molecule has 3 rings (SSSR count). The number of rotatable bonds is 9. The van der Waals surface area contributed by atoms with E-state index in [4.69, 9.17) is 0 Å². The van der Waals surface area contributed by atoms with E-state index in [1.165, 1.54) is 0 Å². The van der Waals surface area contributed by atoms with Gasteiger partial charge in [-0.2, -0.15) is 0 Å². The van der Waals surface area contributed by atoms with Gasteiger partial charge in [0, 0.05) is 37.4 Å². The van der Waals surface area contributed by atoms with Gasteiger partial charge >= 0.3 is 0 Å². The zero-order chi connectivity index (χ0) is 23.6. The van der Waals surface area contributed by atoms with Gasteiger partial charge in [-0.15, -0.1) is 0 Å². The number of carbonyl (C=O) groups is 2. The number of hydrogen-bond donors (Lipinski definition) is 1. The molecule has 0 aliphatic carbocycles. The van der Waals surface area contributed by atoms with Crippen LogP contribution in [-0.4, -0.2) is 54.3 Å². The van der Waals surface area contributed by atoms with Crippen molar-refractivity contribution in [3.8, 4) is 0 Å². The summed E-state index contributed by atoms with van der Waals surface area (Å²) in [6, 6.07) is 18.3. The summed E-state index contributed by atoms with van der Waals surface area (Å²) in [5.41, 5.74) is 3.01. The van der Waals surface area contributed by atoms with Crippen LogP contribution in [-0.2, 0) is 16.0 Å². The summed E-state index contributed by atoms with van der Waals surface area (Å²) in [5.74, 6) is 0.273. The minimum Gasteiger partial charge on any atom is -0.343 e. The summed E-state index contributed by atoms with van der Waals surface area (Å²) in [6.07, 6.45) is 7.28. The van der Waals surface area contributed by atoms with Crippen molar-refractivity contribution in [2.24, 2.45) is 5.92 Å². The van der Waals surface area contributed by atoms with Crippen LogP contribution < -0.4 is 5.32 Å². The molecule has 2 unspecified atom stereocenters. The van der Waals surface area contributed by atoms with E-state index in [1.807, 2.05) is 73.4 Å². The Morgan fingerprint density at radius 1 is 1.03 bits per heavy atom. The van der Waals surface area contributed by atoms with Gasteiger partial charge in [0.2, 0.25) is 11.8 Å². The second-order valence-electron chi connectivity index (χ2n) is 8.81. The topological polar surface area (TPSA) is 52.7 Å². The van der Waals surface area contributed by atoms with Crippen LogP contribution in [0.1, 0.15) is 44.2 Å². The molecule has 33 heavy (non-hydrogen) atoms. The van der Waals surface area contributed by atoms with E-state index < -0.39 is 0 Å². The number of carbonyl (C=O) groups excluding carboxylic acids is 2. The minimum absolute atomic E-state index is 0.106. The molecule has 5 nitrogen and oxygen atoms in total. The lowest BCUT2D eigenvalue weighted by Crippen LogP contribution is -2.47. The number of hydrogen-bond acceptors (Lipinski definition) is 3. The molecule has 1 saturated heterocycles. The Morgan fingerprint density at radius 2 is 1.73 bits per heavy atom. The Morgan fingerprint density at radius 3 is 2.42 bits per heavy atom. The molecule has 5 heteroatoms. The Bertz CT molecular complexity index is 937. The van der Waals surface area contributed by atoms with Crippen LogP contribution in [0.2, 0.25) is 0 Å². The smallest absolute Gasteiger partial charge is 0.248 e. The molecule has 1 fully saturated rings. The van der Waals surface area contributed by atoms with Crippen LogP contribution in [0.25, 0.3) is 6.08 Å². The van der Waals surface area contributed by atoms with Crippen molar-refractivity contribution < 1.29 is 9.59 Å². The van der Waals surface area contributed by atoms with E-state index >= 15 is 0 Å². The van der Waals surface area contributed by atoms with Crippen LogP contribution >= 0.6 is 0 Å². The highest BCUT2D eigenvalue weighted by Crippen LogP contribution is 2.27. The average Bonchev–Trinajstić information content (AvgIpc) is 2.84. The molecule has 0 bridgehead atoms. The van der Waals surface area contributed by atoms with Gasteiger partial charge < -0.3 is 15.1 Å². The van der Waals surface area contributed by atoms with Gasteiger partial charge in [0.1, 0.15) is 0 Å². The standard InChI is InChI=1S/C28H37N3O2/c1-4-31(5-2)28(33)24-17-19-25(30(3)21-24)18-16-23-13-9-10-14-26(23)29-27(32)20-15-22-11-7-6-8-12-22/h6-15,20,24-25H,4-5,16-19,21H2,1-3H3,(H,29,32)/b20-15+. The Kier molecular flexibility index (Phi) is 9.25. The van der Waals surface area contributed by atoms with Gasteiger partial charge in [-0.05, 0) is 69.8 Å². The molecular weight excluding hydrogens is 410 g/mol. The van der Waals surface area contributed by atoms with Crippen LogP contribution in [0, 0.1) is 5.92 Å². The molecule has 1 heterocycles. The number of likely N-dealkylation sites (tertiary alicyclic amines) is 1. The third-order valence-electron chi connectivity index (χ3n) is 6.65. The fourth-order valence-corrected chi connectivity index (χ4v) is 4.65. The number of anilines is 1. The molecule has 0 radical (unpaired) electrons. The Hall–Kier alpha value is -2.92. The third kappa shape index (κ3) is 7.03. The van der Waals surface area contributed by atoms with E-state index in [9.17, 15) is 9.59 Å². The van der Waals surface area contributed by atoms with Crippen molar-refractivity contribution in [3.63, 3.8) is 0 Å².